The summed E-state index contributed by atoms with van der Waals surface area (Å²) in [5.41, 5.74) is 0.878. The Hall–Kier alpha value is -0.850. The first-order chi connectivity index (χ1) is 11.5. The van der Waals surface area contributed by atoms with Gasteiger partial charge in [0, 0.05) is 19.3 Å². The molecule has 0 radical (unpaired) electrons. The number of hydrogen-bond donors (Lipinski definition) is 3. The van der Waals surface area contributed by atoms with E-state index in [-0.39, 0.29) is 31.0 Å². The Morgan fingerprint density at radius 2 is 1.96 bits per heavy atom. The molecule has 1 aromatic carbocycles. The van der Waals surface area contributed by atoms with Gasteiger partial charge in [0.1, 0.15) is 11.9 Å². The monoisotopic (exact) mass is 356 g/mol. The van der Waals surface area contributed by atoms with Gasteiger partial charge >= 0.3 is 0 Å². The molecule has 1 aliphatic carbocycles. The van der Waals surface area contributed by atoms with Gasteiger partial charge in [-0.05, 0) is 37.0 Å². The molecule has 3 N–H and O–H groups in total. The van der Waals surface area contributed by atoms with E-state index in [1.54, 1.807) is 6.07 Å². The Labute approximate surface area is 147 Å². The molecule has 6 heteroatoms. The van der Waals surface area contributed by atoms with E-state index < -0.39 is 6.10 Å². The zero-order valence-corrected chi connectivity index (χ0v) is 14.4. The lowest BCUT2D eigenvalue weighted by molar-refractivity contribution is -0.113. The number of ether oxygens (including phenoxy) is 2. The van der Waals surface area contributed by atoms with E-state index in [2.05, 4.69) is 0 Å². The Kier molecular flexibility index (Phi) is 6.00. The molecule has 2 fully saturated rings. The summed E-state index contributed by atoms with van der Waals surface area (Å²) >= 11 is 6.26. The van der Waals surface area contributed by atoms with E-state index in [0.717, 1.165) is 24.8 Å². The van der Waals surface area contributed by atoms with Gasteiger partial charge in [-0.3, -0.25) is 0 Å². The third-order valence-corrected chi connectivity index (χ3v) is 5.11. The predicted octanol–water partition coefficient (Wildman–Crippen LogP) is 2.60. The topological polar surface area (TPSA) is 79.2 Å². The van der Waals surface area contributed by atoms with Crippen molar-refractivity contribution in [3.05, 3.63) is 28.8 Å². The highest BCUT2D eigenvalue weighted by molar-refractivity contribution is 6.32. The Morgan fingerprint density at radius 1 is 1.12 bits per heavy atom. The SMILES string of the molecule is OCC1CC(O)CC(c2ccc(Cl)c(OC3CCCC(O)C3)c2)O1. The van der Waals surface area contributed by atoms with Crippen LogP contribution < -0.4 is 4.74 Å². The molecule has 2 aliphatic rings. The van der Waals surface area contributed by atoms with Crippen molar-refractivity contribution >= 4 is 11.6 Å². The number of benzene rings is 1. The van der Waals surface area contributed by atoms with Gasteiger partial charge < -0.3 is 24.8 Å². The van der Waals surface area contributed by atoms with E-state index in [9.17, 15) is 15.3 Å². The van der Waals surface area contributed by atoms with Gasteiger partial charge in [0.05, 0.1) is 36.0 Å². The second-order valence-corrected chi connectivity index (χ2v) is 7.21. The first kappa shape index (κ1) is 18.0. The van der Waals surface area contributed by atoms with Crippen molar-refractivity contribution in [1.29, 1.82) is 0 Å². The largest absolute Gasteiger partial charge is 0.489 e. The molecule has 0 bridgehead atoms. The first-order valence-corrected chi connectivity index (χ1v) is 9.01. The molecule has 5 nitrogen and oxygen atoms in total. The number of aliphatic hydroxyl groups is 3. The summed E-state index contributed by atoms with van der Waals surface area (Å²) in [5, 5.41) is 29.6. The third kappa shape index (κ3) is 4.41. The molecule has 1 saturated carbocycles. The van der Waals surface area contributed by atoms with Gasteiger partial charge in [0.25, 0.3) is 0 Å². The second kappa shape index (κ2) is 8.02. The second-order valence-electron chi connectivity index (χ2n) is 6.80. The van der Waals surface area contributed by atoms with E-state index in [1.807, 2.05) is 12.1 Å². The predicted molar refractivity (Wildman–Crippen MR) is 90.3 cm³/mol. The summed E-state index contributed by atoms with van der Waals surface area (Å²) in [4.78, 5) is 0. The maximum atomic E-state index is 9.98. The van der Waals surface area contributed by atoms with Crippen LogP contribution in [0.1, 0.15) is 50.2 Å². The third-order valence-electron chi connectivity index (χ3n) is 4.80. The zero-order valence-electron chi connectivity index (χ0n) is 13.6. The zero-order chi connectivity index (χ0) is 17.1. The summed E-state index contributed by atoms with van der Waals surface area (Å²) in [6.45, 7) is -0.107. The molecule has 1 saturated heterocycles. The lowest BCUT2D eigenvalue weighted by Gasteiger charge is -2.33. The van der Waals surface area contributed by atoms with Gasteiger partial charge in [-0.2, -0.15) is 0 Å². The molecule has 24 heavy (non-hydrogen) atoms. The highest BCUT2D eigenvalue weighted by Crippen LogP contribution is 2.36. The summed E-state index contributed by atoms with van der Waals surface area (Å²) < 4.78 is 11.9. The first-order valence-electron chi connectivity index (χ1n) is 8.63. The van der Waals surface area contributed by atoms with Crippen LogP contribution in [0.3, 0.4) is 0 Å². The molecule has 3 rings (SSSR count). The lowest BCUT2D eigenvalue weighted by atomic mass is 9.94. The van der Waals surface area contributed by atoms with Crippen LogP contribution in [0.4, 0.5) is 0 Å². The molecule has 1 aliphatic heterocycles. The molecule has 0 amide bonds. The van der Waals surface area contributed by atoms with Crippen LogP contribution in [0.25, 0.3) is 0 Å². The Morgan fingerprint density at radius 3 is 2.71 bits per heavy atom. The molecule has 0 spiro atoms. The molecule has 5 unspecified atom stereocenters. The van der Waals surface area contributed by atoms with Gasteiger partial charge in [0.15, 0.2) is 0 Å². The fourth-order valence-electron chi connectivity index (χ4n) is 3.54. The van der Waals surface area contributed by atoms with E-state index in [1.165, 1.54) is 0 Å². The normalized spacial score (nSPS) is 34.1. The van der Waals surface area contributed by atoms with Crippen molar-refractivity contribution < 1.29 is 24.8 Å². The van der Waals surface area contributed by atoms with Crippen molar-refractivity contribution in [2.75, 3.05) is 6.61 Å². The number of hydrogen-bond acceptors (Lipinski definition) is 5. The van der Waals surface area contributed by atoms with Gasteiger partial charge in [-0.15, -0.1) is 0 Å². The fraction of sp³-hybridized carbons (Fsp3) is 0.667. The van der Waals surface area contributed by atoms with Crippen LogP contribution in [0.5, 0.6) is 5.75 Å². The molecular formula is C18H25ClO5. The molecular weight excluding hydrogens is 332 g/mol. The average molecular weight is 357 g/mol. The maximum absolute atomic E-state index is 9.98. The van der Waals surface area contributed by atoms with Crippen molar-refractivity contribution in [3.63, 3.8) is 0 Å². The van der Waals surface area contributed by atoms with Crippen LogP contribution in [0.2, 0.25) is 5.02 Å². The molecule has 134 valence electrons. The van der Waals surface area contributed by atoms with E-state index >= 15 is 0 Å². The van der Waals surface area contributed by atoms with E-state index in [4.69, 9.17) is 21.1 Å². The summed E-state index contributed by atoms with van der Waals surface area (Å²) in [6.07, 6.45) is 2.74. The Balaban J connectivity index is 1.73. The van der Waals surface area contributed by atoms with Crippen molar-refractivity contribution in [3.8, 4) is 5.75 Å². The smallest absolute Gasteiger partial charge is 0.138 e. The fourth-order valence-corrected chi connectivity index (χ4v) is 3.70. The minimum atomic E-state index is -0.491. The number of halogens is 1. The molecule has 5 atom stereocenters. The van der Waals surface area contributed by atoms with Crippen LogP contribution in [0, 0.1) is 0 Å². The number of aliphatic hydroxyl groups excluding tert-OH is 3. The lowest BCUT2D eigenvalue weighted by Crippen LogP contribution is -2.33. The van der Waals surface area contributed by atoms with E-state index in [0.29, 0.717) is 30.0 Å². The van der Waals surface area contributed by atoms with Crippen LogP contribution in [0.15, 0.2) is 18.2 Å². The summed E-state index contributed by atoms with van der Waals surface area (Å²) in [6, 6.07) is 5.48. The van der Waals surface area contributed by atoms with Crippen molar-refractivity contribution in [1.82, 2.24) is 0 Å². The van der Waals surface area contributed by atoms with Gasteiger partial charge in [0.2, 0.25) is 0 Å². The van der Waals surface area contributed by atoms with Crippen LogP contribution in [-0.4, -0.2) is 46.3 Å². The summed E-state index contributed by atoms with van der Waals surface area (Å²) in [5.74, 6) is 0.581. The van der Waals surface area contributed by atoms with Gasteiger partial charge in [-0.1, -0.05) is 17.7 Å². The quantitative estimate of drug-likeness (QED) is 0.772. The molecule has 0 aromatic heterocycles. The maximum Gasteiger partial charge on any atom is 0.138 e. The average Bonchev–Trinajstić information content (AvgIpc) is 2.56. The highest BCUT2D eigenvalue weighted by Gasteiger charge is 2.30. The van der Waals surface area contributed by atoms with Crippen LogP contribution >= 0.6 is 11.6 Å². The minimum Gasteiger partial charge on any atom is -0.489 e. The molecule has 1 aromatic rings. The number of rotatable bonds is 4. The van der Waals surface area contributed by atoms with Crippen LogP contribution in [-0.2, 0) is 4.74 Å². The highest BCUT2D eigenvalue weighted by atomic mass is 35.5. The Bertz CT molecular complexity index is 552. The minimum absolute atomic E-state index is 0.0374. The van der Waals surface area contributed by atoms with Crippen molar-refractivity contribution in [2.45, 2.75) is 69.0 Å². The standard InChI is InChI=1S/C18H25ClO5/c19-16-5-4-11(17-9-13(22)8-15(10-20)24-17)6-18(16)23-14-3-1-2-12(21)7-14/h4-6,12-15,17,20-22H,1-3,7-10H2. The molecule has 1 heterocycles. The summed E-state index contributed by atoms with van der Waals surface area (Å²) in [7, 11) is 0. The van der Waals surface area contributed by atoms with Gasteiger partial charge in [-0.25, -0.2) is 0 Å². The van der Waals surface area contributed by atoms with Crippen molar-refractivity contribution in [2.24, 2.45) is 0 Å².